The third-order valence-electron chi connectivity index (χ3n) is 5.27. The number of esters is 1. The van der Waals surface area contributed by atoms with Gasteiger partial charge in [0.15, 0.2) is 11.5 Å². The molecule has 0 aliphatic carbocycles. The van der Waals surface area contributed by atoms with Crippen LogP contribution in [0.15, 0.2) is 36.4 Å². The second kappa shape index (κ2) is 8.58. The van der Waals surface area contributed by atoms with Crippen molar-refractivity contribution < 1.29 is 33.4 Å². The maximum atomic E-state index is 12.5. The Morgan fingerprint density at radius 1 is 1.12 bits per heavy atom. The smallest absolute Gasteiger partial charge is 0.343 e. The first-order valence-electron chi connectivity index (χ1n) is 9.88. The molecular formula is C22H21N3O7. The summed E-state index contributed by atoms with van der Waals surface area (Å²) in [5.41, 5.74) is 1.60. The monoisotopic (exact) mass is 439 g/mol. The Balaban J connectivity index is 1.42. The van der Waals surface area contributed by atoms with Crippen LogP contribution in [0.2, 0.25) is 0 Å². The minimum Gasteiger partial charge on any atom is -0.493 e. The van der Waals surface area contributed by atoms with Crippen LogP contribution in [-0.4, -0.2) is 56.0 Å². The SMILES string of the molecule is COc1ccc2c(c1OC)C(=O)O[C@H]2CC(=O)Nc1ccc(C(=O)N2CCNC2=O)cc1. The molecule has 0 bridgehead atoms. The zero-order chi connectivity index (χ0) is 22.8. The molecule has 0 spiro atoms. The van der Waals surface area contributed by atoms with Crippen molar-refractivity contribution in [3.8, 4) is 11.5 Å². The third-order valence-corrected chi connectivity index (χ3v) is 5.27. The summed E-state index contributed by atoms with van der Waals surface area (Å²) < 4.78 is 15.9. The van der Waals surface area contributed by atoms with E-state index in [1.165, 1.54) is 26.4 Å². The van der Waals surface area contributed by atoms with Gasteiger partial charge in [0.25, 0.3) is 5.91 Å². The first-order valence-corrected chi connectivity index (χ1v) is 9.88. The number of carbonyl (C=O) groups excluding carboxylic acids is 4. The normalized spacial score (nSPS) is 16.8. The lowest BCUT2D eigenvalue weighted by molar-refractivity contribution is -0.118. The Bertz CT molecular complexity index is 1100. The number of nitrogens with one attached hydrogen (secondary N) is 2. The number of imide groups is 1. The van der Waals surface area contributed by atoms with E-state index < -0.39 is 24.0 Å². The zero-order valence-electron chi connectivity index (χ0n) is 17.5. The first-order chi connectivity index (χ1) is 15.4. The molecule has 4 amide bonds. The molecule has 10 heteroatoms. The Morgan fingerprint density at radius 2 is 1.88 bits per heavy atom. The number of anilines is 1. The van der Waals surface area contributed by atoms with E-state index in [1.54, 1.807) is 24.3 Å². The number of carbonyl (C=O) groups is 4. The largest absolute Gasteiger partial charge is 0.493 e. The highest BCUT2D eigenvalue weighted by Gasteiger charge is 2.37. The first kappa shape index (κ1) is 21.2. The Morgan fingerprint density at radius 3 is 2.50 bits per heavy atom. The average Bonchev–Trinajstić information content (AvgIpc) is 3.36. The minimum absolute atomic E-state index is 0.0944. The van der Waals surface area contributed by atoms with Crippen LogP contribution in [0.3, 0.4) is 0 Å². The number of nitrogens with zero attached hydrogens (tertiary/aromatic N) is 1. The van der Waals surface area contributed by atoms with Crippen molar-refractivity contribution in [1.82, 2.24) is 10.2 Å². The number of rotatable bonds is 6. The van der Waals surface area contributed by atoms with Crippen LogP contribution >= 0.6 is 0 Å². The third kappa shape index (κ3) is 3.82. The lowest BCUT2D eigenvalue weighted by Gasteiger charge is -2.14. The molecule has 166 valence electrons. The van der Waals surface area contributed by atoms with Crippen molar-refractivity contribution in [1.29, 1.82) is 0 Å². The average molecular weight is 439 g/mol. The molecule has 10 nitrogen and oxygen atoms in total. The van der Waals surface area contributed by atoms with E-state index in [9.17, 15) is 19.2 Å². The van der Waals surface area contributed by atoms with Crippen molar-refractivity contribution in [2.24, 2.45) is 0 Å². The molecule has 1 atom stereocenters. The summed E-state index contributed by atoms with van der Waals surface area (Å²) in [4.78, 5) is 50.0. The van der Waals surface area contributed by atoms with Crippen molar-refractivity contribution in [3.05, 3.63) is 53.1 Å². The molecule has 2 aliphatic heterocycles. The van der Waals surface area contributed by atoms with Crippen molar-refractivity contribution in [2.45, 2.75) is 12.5 Å². The molecule has 0 aromatic heterocycles. The summed E-state index contributed by atoms with van der Waals surface area (Å²) in [6, 6.07) is 9.11. The number of hydrogen-bond donors (Lipinski definition) is 2. The van der Waals surface area contributed by atoms with Gasteiger partial charge in [0, 0.05) is 29.9 Å². The van der Waals surface area contributed by atoms with Gasteiger partial charge in [-0.05, 0) is 30.3 Å². The fourth-order valence-electron chi connectivity index (χ4n) is 3.72. The molecule has 1 fully saturated rings. The van der Waals surface area contributed by atoms with E-state index in [0.29, 0.717) is 35.7 Å². The second-order valence-electron chi connectivity index (χ2n) is 7.18. The van der Waals surface area contributed by atoms with Crippen molar-refractivity contribution in [2.75, 3.05) is 32.6 Å². The van der Waals surface area contributed by atoms with E-state index >= 15 is 0 Å². The molecular weight excluding hydrogens is 418 g/mol. The van der Waals surface area contributed by atoms with E-state index in [0.717, 1.165) is 4.90 Å². The van der Waals surface area contributed by atoms with Crippen LogP contribution < -0.4 is 20.1 Å². The van der Waals surface area contributed by atoms with Gasteiger partial charge in [0.2, 0.25) is 5.91 Å². The van der Waals surface area contributed by atoms with Crippen LogP contribution in [0.1, 0.15) is 38.8 Å². The second-order valence-corrected chi connectivity index (χ2v) is 7.18. The topological polar surface area (TPSA) is 123 Å². The maximum absolute atomic E-state index is 12.5. The molecule has 1 saturated heterocycles. The quantitative estimate of drug-likeness (QED) is 0.661. The molecule has 2 N–H and O–H groups in total. The fourth-order valence-corrected chi connectivity index (χ4v) is 3.72. The van der Waals surface area contributed by atoms with Crippen LogP contribution in [0, 0.1) is 0 Å². The summed E-state index contributed by atoms with van der Waals surface area (Å²) in [6.07, 6.45) is -0.852. The maximum Gasteiger partial charge on any atom is 0.343 e. The molecule has 2 heterocycles. The predicted octanol–water partition coefficient (Wildman–Crippen LogP) is 2.11. The van der Waals surface area contributed by atoms with Crippen molar-refractivity contribution in [3.63, 3.8) is 0 Å². The summed E-state index contributed by atoms with van der Waals surface area (Å²) in [5.74, 6) is -0.693. The summed E-state index contributed by atoms with van der Waals surface area (Å²) >= 11 is 0. The van der Waals surface area contributed by atoms with E-state index in [4.69, 9.17) is 14.2 Å². The van der Waals surface area contributed by atoms with Gasteiger partial charge in [-0.1, -0.05) is 6.07 Å². The van der Waals surface area contributed by atoms with Crippen LogP contribution in [0.5, 0.6) is 11.5 Å². The molecule has 2 aliphatic rings. The Labute approximate surface area is 183 Å². The Hall–Kier alpha value is -4.08. The minimum atomic E-state index is -0.758. The molecule has 0 saturated carbocycles. The number of amides is 4. The van der Waals surface area contributed by atoms with Crippen LogP contribution in [0.4, 0.5) is 10.5 Å². The van der Waals surface area contributed by atoms with Gasteiger partial charge in [-0.15, -0.1) is 0 Å². The highest BCUT2D eigenvalue weighted by Crippen LogP contribution is 2.43. The van der Waals surface area contributed by atoms with Gasteiger partial charge in [-0.25, -0.2) is 9.59 Å². The number of urea groups is 1. The van der Waals surface area contributed by atoms with E-state index in [-0.39, 0.29) is 23.6 Å². The Kier molecular flexibility index (Phi) is 5.67. The van der Waals surface area contributed by atoms with Gasteiger partial charge in [-0.2, -0.15) is 0 Å². The van der Waals surface area contributed by atoms with Gasteiger partial charge >= 0.3 is 12.0 Å². The molecule has 32 heavy (non-hydrogen) atoms. The summed E-state index contributed by atoms with van der Waals surface area (Å²) in [5, 5.41) is 5.29. The fraction of sp³-hybridized carbons (Fsp3) is 0.273. The highest BCUT2D eigenvalue weighted by atomic mass is 16.6. The van der Waals surface area contributed by atoms with Crippen molar-refractivity contribution >= 4 is 29.5 Å². The van der Waals surface area contributed by atoms with Gasteiger partial charge in [0.1, 0.15) is 11.7 Å². The number of cyclic esters (lactones) is 1. The molecule has 0 radical (unpaired) electrons. The zero-order valence-corrected chi connectivity index (χ0v) is 17.5. The molecule has 0 unspecified atom stereocenters. The number of fused-ring (bicyclic) bond motifs is 1. The van der Waals surface area contributed by atoms with E-state index in [2.05, 4.69) is 10.6 Å². The number of methoxy groups -OCH3 is 2. The highest BCUT2D eigenvalue weighted by molar-refractivity contribution is 6.05. The van der Waals surface area contributed by atoms with Gasteiger partial charge in [-0.3, -0.25) is 14.5 Å². The number of ether oxygens (including phenoxy) is 3. The van der Waals surface area contributed by atoms with Gasteiger partial charge in [0.05, 0.1) is 20.6 Å². The molecule has 2 aromatic rings. The summed E-state index contributed by atoms with van der Waals surface area (Å²) in [7, 11) is 2.89. The van der Waals surface area contributed by atoms with E-state index in [1.807, 2.05) is 0 Å². The van der Waals surface area contributed by atoms with Crippen LogP contribution in [-0.2, 0) is 9.53 Å². The number of hydrogen-bond acceptors (Lipinski definition) is 7. The summed E-state index contributed by atoms with van der Waals surface area (Å²) in [6.45, 7) is 0.737. The molecule has 2 aromatic carbocycles. The molecule has 4 rings (SSSR count). The predicted molar refractivity (Wildman–Crippen MR) is 112 cm³/mol. The standard InChI is InChI=1S/C22H21N3O7/c1-30-15-8-7-14-16(32-21(28)18(14)19(15)31-2)11-17(26)24-13-5-3-12(4-6-13)20(27)25-10-9-23-22(25)29/h3-8,16H,9-11H2,1-2H3,(H,23,29)(H,24,26)/t16-/m0/s1. The lowest BCUT2D eigenvalue weighted by Crippen LogP contribution is -2.34. The lowest BCUT2D eigenvalue weighted by atomic mass is 10.0. The van der Waals surface area contributed by atoms with Gasteiger partial charge < -0.3 is 24.8 Å². The number of benzene rings is 2. The van der Waals surface area contributed by atoms with Crippen LogP contribution in [0.25, 0.3) is 0 Å².